The second-order valence-electron chi connectivity index (χ2n) is 6.28. The van der Waals surface area contributed by atoms with Gasteiger partial charge in [0.15, 0.2) is 0 Å². The van der Waals surface area contributed by atoms with Crippen LogP contribution in [0.1, 0.15) is 10.4 Å². The fourth-order valence-electron chi connectivity index (χ4n) is 3.07. The molecule has 4 nitrogen and oxygen atoms in total. The van der Waals surface area contributed by atoms with Gasteiger partial charge in [-0.05, 0) is 59.7 Å². The van der Waals surface area contributed by atoms with Crippen LogP contribution in [0.15, 0.2) is 78.9 Å². The summed E-state index contributed by atoms with van der Waals surface area (Å²) in [7, 11) is 1.37. The Kier molecular flexibility index (Phi) is 4.96. The van der Waals surface area contributed by atoms with Crippen molar-refractivity contribution in [2.75, 3.05) is 12.4 Å². The molecule has 3 aromatic carbocycles. The maximum Gasteiger partial charge on any atom is 0.337 e. The van der Waals surface area contributed by atoms with Crippen LogP contribution in [0.5, 0.6) is 0 Å². The number of halogens is 1. The summed E-state index contributed by atoms with van der Waals surface area (Å²) in [6.45, 7) is 0. The van der Waals surface area contributed by atoms with E-state index in [9.17, 15) is 4.79 Å². The minimum Gasteiger partial charge on any atom is -0.465 e. The molecule has 28 heavy (non-hydrogen) atoms. The van der Waals surface area contributed by atoms with Crippen LogP contribution in [-0.4, -0.2) is 18.1 Å². The van der Waals surface area contributed by atoms with E-state index in [1.54, 1.807) is 12.1 Å². The second-order valence-corrected chi connectivity index (χ2v) is 6.71. The molecule has 0 radical (unpaired) electrons. The third-order valence-electron chi connectivity index (χ3n) is 4.43. The Morgan fingerprint density at radius 2 is 1.71 bits per heavy atom. The van der Waals surface area contributed by atoms with Crippen molar-refractivity contribution in [1.82, 2.24) is 4.98 Å². The van der Waals surface area contributed by atoms with Gasteiger partial charge in [-0.1, -0.05) is 41.9 Å². The normalized spacial score (nSPS) is 10.6. The van der Waals surface area contributed by atoms with Gasteiger partial charge in [-0.15, -0.1) is 0 Å². The number of rotatable bonds is 4. The zero-order chi connectivity index (χ0) is 19.5. The number of carbonyl (C=O) groups is 1. The summed E-state index contributed by atoms with van der Waals surface area (Å²) in [6.07, 6.45) is 0. The number of nitrogens with one attached hydrogen (secondary N) is 1. The SMILES string of the molecule is COC(=O)c1ccc(Nc2cc(-c3ccccc3)c3cc(Cl)ccc3n2)cc1. The number of esters is 1. The summed E-state index contributed by atoms with van der Waals surface area (Å²) in [5, 5.41) is 4.97. The van der Waals surface area contributed by atoms with Crippen molar-refractivity contribution in [3.05, 3.63) is 89.4 Å². The summed E-state index contributed by atoms with van der Waals surface area (Å²) in [5.74, 6) is 0.345. The predicted octanol–water partition coefficient (Wildman–Crippen LogP) is 6.09. The average molecular weight is 389 g/mol. The summed E-state index contributed by atoms with van der Waals surface area (Å²) in [4.78, 5) is 16.3. The minimum absolute atomic E-state index is 0.362. The summed E-state index contributed by atoms with van der Waals surface area (Å²) in [6, 6.07) is 24.9. The second kappa shape index (κ2) is 7.71. The maximum atomic E-state index is 11.6. The number of hydrogen-bond donors (Lipinski definition) is 1. The Morgan fingerprint density at radius 3 is 2.43 bits per heavy atom. The summed E-state index contributed by atoms with van der Waals surface area (Å²) >= 11 is 6.22. The molecule has 138 valence electrons. The Bertz CT molecular complexity index is 1140. The first-order valence-corrected chi connectivity index (χ1v) is 9.13. The molecule has 5 heteroatoms. The fourth-order valence-corrected chi connectivity index (χ4v) is 3.25. The molecule has 4 aromatic rings. The molecule has 0 amide bonds. The number of hydrogen-bond acceptors (Lipinski definition) is 4. The van der Waals surface area contributed by atoms with Gasteiger partial charge in [0.25, 0.3) is 0 Å². The van der Waals surface area contributed by atoms with Crippen LogP contribution in [0.25, 0.3) is 22.0 Å². The topological polar surface area (TPSA) is 51.2 Å². The summed E-state index contributed by atoms with van der Waals surface area (Å²) in [5.41, 5.74) is 4.30. The van der Waals surface area contributed by atoms with Crippen LogP contribution < -0.4 is 5.32 Å². The van der Waals surface area contributed by atoms with Gasteiger partial charge in [0.05, 0.1) is 18.2 Å². The van der Waals surface area contributed by atoms with Crippen molar-refractivity contribution in [3.63, 3.8) is 0 Å². The number of fused-ring (bicyclic) bond motifs is 1. The van der Waals surface area contributed by atoms with Crippen LogP contribution in [0.3, 0.4) is 0 Å². The van der Waals surface area contributed by atoms with E-state index in [0.29, 0.717) is 16.4 Å². The molecule has 0 aliphatic rings. The van der Waals surface area contributed by atoms with Crippen LogP contribution in [0.2, 0.25) is 5.02 Å². The Morgan fingerprint density at radius 1 is 0.964 bits per heavy atom. The first-order chi connectivity index (χ1) is 13.6. The lowest BCUT2D eigenvalue weighted by Crippen LogP contribution is -2.01. The predicted molar refractivity (Wildman–Crippen MR) is 113 cm³/mol. The maximum absolute atomic E-state index is 11.6. The third-order valence-corrected chi connectivity index (χ3v) is 4.67. The molecule has 0 aliphatic heterocycles. The first-order valence-electron chi connectivity index (χ1n) is 8.75. The van der Waals surface area contributed by atoms with Gasteiger partial charge in [0, 0.05) is 16.1 Å². The summed E-state index contributed by atoms with van der Waals surface area (Å²) < 4.78 is 4.73. The number of ether oxygens (including phenoxy) is 1. The smallest absolute Gasteiger partial charge is 0.337 e. The van der Waals surface area contributed by atoms with Crippen molar-refractivity contribution < 1.29 is 9.53 Å². The fraction of sp³-hybridized carbons (Fsp3) is 0.0435. The number of pyridine rings is 1. The molecule has 0 atom stereocenters. The van der Waals surface area contributed by atoms with Crippen molar-refractivity contribution >= 4 is 40.0 Å². The van der Waals surface area contributed by atoms with Gasteiger partial charge in [-0.25, -0.2) is 9.78 Å². The van der Waals surface area contributed by atoms with Crippen LogP contribution in [0, 0.1) is 0 Å². The van der Waals surface area contributed by atoms with Crippen molar-refractivity contribution in [2.45, 2.75) is 0 Å². The first kappa shape index (κ1) is 18.0. The number of anilines is 2. The number of aromatic nitrogens is 1. The van der Waals surface area contributed by atoms with Crippen LogP contribution in [-0.2, 0) is 4.74 Å². The molecule has 0 spiro atoms. The molecule has 0 unspecified atom stereocenters. The highest BCUT2D eigenvalue weighted by atomic mass is 35.5. The zero-order valence-electron chi connectivity index (χ0n) is 15.1. The molecule has 4 rings (SSSR count). The molecular formula is C23H17ClN2O2. The molecule has 0 saturated heterocycles. The highest BCUT2D eigenvalue weighted by Crippen LogP contribution is 2.32. The molecule has 1 aromatic heterocycles. The molecular weight excluding hydrogens is 372 g/mol. The standard InChI is InChI=1S/C23H17ClN2O2/c1-28-23(27)16-7-10-18(11-8-16)25-22-14-19(15-5-3-2-4-6-15)20-13-17(24)9-12-21(20)26-22/h2-14H,1H3,(H,25,26). The molecule has 0 bridgehead atoms. The third kappa shape index (κ3) is 3.68. The largest absolute Gasteiger partial charge is 0.465 e. The van der Waals surface area contributed by atoms with E-state index in [-0.39, 0.29) is 5.97 Å². The van der Waals surface area contributed by atoms with E-state index in [4.69, 9.17) is 21.3 Å². The highest BCUT2D eigenvalue weighted by Gasteiger charge is 2.10. The monoisotopic (exact) mass is 388 g/mol. The van der Waals surface area contributed by atoms with Gasteiger partial charge < -0.3 is 10.1 Å². The minimum atomic E-state index is -0.362. The molecule has 0 saturated carbocycles. The lowest BCUT2D eigenvalue weighted by atomic mass is 10.0. The van der Waals surface area contributed by atoms with Crippen LogP contribution >= 0.6 is 11.6 Å². The number of benzene rings is 3. The highest BCUT2D eigenvalue weighted by molar-refractivity contribution is 6.31. The zero-order valence-corrected chi connectivity index (χ0v) is 15.9. The van der Waals surface area contributed by atoms with Gasteiger partial charge in [0.2, 0.25) is 0 Å². The van der Waals surface area contributed by atoms with Crippen molar-refractivity contribution in [3.8, 4) is 11.1 Å². The van der Waals surface area contributed by atoms with Gasteiger partial charge in [0.1, 0.15) is 5.82 Å². The van der Waals surface area contributed by atoms with E-state index in [1.807, 2.05) is 54.6 Å². The Balaban J connectivity index is 1.76. The van der Waals surface area contributed by atoms with E-state index in [2.05, 4.69) is 17.4 Å². The molecule has 1 heterocycles. The number of nitrogens with zero attached hydrogens (tertiary/aromatic N) is 1. The average Bonchev–Trinajstić information content (AvgIpc) is 2.74. The van der Waals surface area contributed by atoms with Crippen molar-refractivity contribution in [2.24, 2.45) is 0 Å². The van der Waals surface area contributed by atoms with E-state index >= 15 is 0 Å². The van der Waals surface area contributed by atoms with Gasteiger partial charge in [-0.3, -0.25) is 0 Å². The molecule has 1 N–H and O–H groups in total. The molecule has 0 fully saturated rings. The van der Waals surface area contributed by atoms with Gasteiger partial charge in [-0.2, -0.15) is 0 Å². The van der Waals surface area contributed by atoms with Gasteiger partial charge >= 0.3 is 5.97 Å². The van der Waals surface area contributed by atoms with E-state index in [1.165, 1.54) is 7.11 Å². The quantitative estimate of drug-likeness (QED) is 0.430. The lowest BCUT2D eigenvalue weighted by Gasteiger charge is -2.12. The Labute approximate surface area is 167 Å². The van der Waals surface area contributed by atoms with E-state index < -0.39 is 0 Å². The number of methoxy groups -OCH3 is 1. The number of carbonyl (C=O) groups excluding carboxylic acids is 1. The van der Waals surface area contributed by atoms with E-state index in [0.717, 1.165) is 27.7 Å². The Hall–Kier alpha value is -3.37. The lowest BCUT2D eigenvalue weighted by molar-refractivity contribution is 0.0601. The van der Waals surface area contributed by atoms with Crippen LogP contribution in [0.4, 0.5) is 11.5 Å². The molecule has 0 aliphatic carbocycles. The van der Waals surface area contributed by atoms with Crippen molar-refractivity contribution in [1.29, 1.82) is 0 Å².